The number of carbonyl (C=O) groups is 2. The molecule has 1 heterocycles. The highest BCUT2D eigenvalue weighted by Gasteiger charge is 2.11. The topological polar surface area (TPSA) is 80.3 Å². The highest BCUT2D eigenvalue weighted by molar-refractivity contribution is 6.05. The fourth-order valence-electron chi connectivity index (χ4n) is 2.69. The van der Waals surface area contributed by atoms with Gasteiger partial charge in [-0.15, -0.1) is 0 Å². The van der Waals surface area contributed by atoms with Crippen molar-refractivity contribution in [3.8, 4) is 5.75 Å². The highest BCUT2D eigenvalue weighted by Crippen LogP contribution is 2.26. The summed E-state index contributed by atoms with van der Waals surface area (Å²) in [6.45, 7) is 3.47. The summed E-state index contributed by atoms with van der Waals surface area (Å²) in [7, 11) is 1.56. The van der Waals surface area contributed by atoms with Crippen LogP contribution >= 0.6 is 0 Å². The van der Waals surface area contributed by atoms with Crippen LogP contribution in [0.1, 0.15) is 33.2 Å². The van der Waals surface area contributed by atoms with E-state index in [1.807, 2.05) is 25.1 Å². The van der Waals surface area contributed by atoms with Gasteiger partial charge in [0.05, 0.1) is 12.8 Å². The van der Waals surface area contributed by atoms with Gasteiger partial charge in [0.25, 0.3) is 5.91 Å². The maximum absolute atomic E-state index is 12.7. The van der Waals surface area contributed by atoms with Crippen molar-refractivity contribution in [2.24, 2.45) is 0 Å². The minimum absolute atomic E-state index is 0.00919. The lowest BCUT2D eigenvalue weighted by molar-refractivity contribution is 0.101. The zero-order chi connectivity index (χ0) is 20.1. The molecule has 3 rings (SSSR count). The predicted molar refractivity (Wildman–Crippen MR) is 110 cm³/mol. The third kappa shape index (κ3) is 4.54. The Morgan fingerprint density at radius 2 is 1.71 bits per heavy atom. The summed E-state index contributed by atoms with van der Waals surface area (Å²) in [5.74, 6) is 0.868. The first-order valence-electron chi connectivity index (χ1n) is 8.76. The molecule has 0 radical (unpaired) electrons. The second-order valence-electron chi connectivity index (χ2n) is 6.35. The summed E-state index contributed by atoms with van der Waals surface area (Å²) in [6.07, 6.45) is 1.56. The molecule has 2 aromatic carbocycles. The van der Waals surface area contributed by atoms with Crippen LogP contribution in [0.5, 0.6) is 5.75 Å². The zero-order valence-electron chi connectivity index (χ0n) is 15.9. The largest absolute Gasteiger partial charge is 0.495 e. The number of ether oxygens (including phenoxy) is 1. The van der Waals surface area contributed by atoms with Crippen LogP contribution in [0.3, 0.4) is 0 Å². The lowest BCUT2D eigenvalue weighted by Crippen LogP contribution is -2.13. The molecule has 3 aromatic rings. The minimum Gasteiger partial charge on any atom is -0.495 e. The number of hydrogen-bond donors (Lipinski definition) is 2. The van der Waals surface area contributed by atoms with Crippen LogP contribution in [0.4, 0.5) is 17.2 Å². The molecule has 0 saturated heterocycles. The summed E-state index contributed by atoms with van der Waals surface area (Å²) >= 11 is 0. The van der Waals surface area contributed by atoms with Gasteiger partial charge in [0.15, 0.2) is 5.78 Å². The first-order valence-corrected chi connectivity index (χ1v) is 8.76. The number of methoxy groups -OCH3 is 1. The van der Waals surface area contributed by atoms with Gasteiger partial charge in [-0.1, -0.05) is 6.07 Å². The molecular formula is C22H21N3O3. The molecule has 0 saturated carbocycles. The Labute approximate surface area is 163 Å². The number of benzene rings is 2. The van der Waals surface area contributed by atoms with Gasteiger partial charge in [-0.05, 0) is 67.9 Å². The van der Waals surface area contributed by atoms with Crippen LogP contribution in [-0.4, -0.2) is 23.8 Å². The Morgan fingerprint density at radius 1 is 0.964 bits per heavy atom. The third-order valence-corrected chi connectivity index (χ3v) is 4.19. The number of pyridine rings is 1. The van der Waals surface area contributed by atoms with Gasteiger partial charge >= 0.3 is 0 Å². The maximum Gasteiger partial charge on any atom is 0.255 e. The number of aromatic nitrogens is 1. The number of Topliss-reactive ketones (excluding diaryl/α,β-unsaturated/α-hetero) is 1. The molecule has 1 amide bonds. The lowest BCUT2D eigenvalue weighted by atomic mass is 10.1. The second kappa shape index (κ2) is 8.35. The number of ketones is 1. The molecule has 1 aromatic heterocycles. The molecule has 2 N–H and O–H groups in total. The van der Waals surface area contributed by atoms with Crippen LogP contribution in [0, 0.1) is 6.92 Å². The van der Waals surface area contributed by atoms with E-state index in [1.54, 1.807) is 49.7 Å². The molecule has 0 fully saturated rings. The van der Waals surface area contributed by atoms with E-state index < -0.39 is 0 Å². The highest BCUT2D eigenvalue weighted by atomic mass is 16.5. The van der Waals surface area contributed by atoms with E-state index in [-0.39, 0.29) is 11.7 Å². The number of carbonyl (C=O) groups excluding carboxylic acids is 2. The zero-order valence-corrected chi connectivity index (χ0v) is 15.9. The Morgan fingerprint density at radius 3 is 2.39 bits per heavy atom. The lowest BCUT2D eigenvalue weighted by Gasteiger charge is -2.12. The van der Waals surface area contributed by atoms with Crippen molar-refractivity contribution < 1.29 is 14.3 Å². The fourth-order valence-corrected chi connectivity index (χ4v) is 2.69. The van der Waals surface area contributed by atoms with Gasteiger partial charge in [-0.25, -0.2) is 4.98 Å². The summed E-state index contributed by atoms with van der Waals surface area (Å²) in [6, 6.07) is 16.0. The predicted octanol–water partition coefficient (Wildman–Crippen LogP) is 4.60. The maximum atomic E-state index is 12.7. The molecule has 0 aliphatic rings. The molecule has 0 aliphatic carbocycles. The van der Waals surface area contributed by atoms with Crippen molar-refractivity contribution in [2.45, 2.75) is 13.8 Å². The van der Waals surface area contributed by atoms with E-state index in [9.17, 15) is 9.59 Å². The Bertz CT molecular complexity index is 1010. The number of nitrogens with zero attached hydrogens (tertiary/aromatic N) is 1. The van der Waals surface area contributed by atoms with Crippen molar-refractivity contribution in [2.75, 3.05) is 17.7 Å². The average Bonchev–Trinajstić information content (AvgIpc) is 2.69. The molecule has 0 bridgehead atoms. The minimum atomic E-state index is -0.263. The number of nitrogens with one attached hydrogen (secondary N) is 2. The van der Waals surface area contributed by atoms with Gasteiger partial charge in [-0.2, -0.15) is 0 Å². The van der Waals surface area contributed by atoms with Gasteiger partial charge in [0.2, 0.25) is 0 Å². The molecule has 0 spiro atoms. The summed E-state index contributed by atoms with van der Waals surface area (Å²) in [5, 5.41) is 6.01. The quantitative estimate of drug-likeness (QED) is 0.616. The molecule has 142 valence electrons. The molecule has 28 heavy (non-hydrogen) atoms. The molecule has 0 atom stereocenters. The van der Waals surface area contributed by atoms with Crippen LogP contribution in [0.15, 0.2) is 60.8 Å². The fraction of sp³-hybridized carbons (Fsp3) is 0.136. The van der Waals surface area contributed by atoms with Crippen LogP contribution in [-0.2, 0) is 0 Å². The van der Waals surface area contributed by atoms with Crippen LogP contribution < -0.4 is 15.4 Å². The molecule has 0 unspecified atom stereocenters. The standard InChI is InChI=1S/C22H21N3O3/c1-14-4-9-20(28-3)19(12-14)25-22(27)17-10-11-23-21(13-17)24-18-7-5-16(6-8-18)15(2)26/h4-13H,1-3H3,(H,23,24)(H,25,27). The number of anilines is 3. The molecule has 0 aliphatic heterocycles. The number of hydrogen-bond acceptors (Lipinski definition) is 5. The number of amides is 1. The van der Waals surface area contributed by atoms with E-state index in [2.05, 4.69) is 15.6 Å². The van der Waals surface area contributed by atoms with E-state index in [0.717, 1.165) is 11.3 Å². The first-order chi connectivity index (χ1) is 13.5. The Hall–Kier alpha value is -3.67. The Kier molecular flexibility index (Phi) is 5.69. The molecule has 6 nitrogen and oxygen atoms in total. The van der Waals surface area contributed by atoms with E-state index in [1.165, 1.54) is 6.92 Å². The SMILES string of the molecule is COc1ccc(C)cc1NC(=O)c1ccnc(Nc2ccc(C(C)=O)cc2)c1. The smallest absolute Gasteiger partial charge is 0.255 e. The average molecular weight is 375 g/mol. The summed E-state index contributed by atoms with van der Waals surface area (Å²) in [5.41, 5.74) is 3.50. The van der Waals surface area contributed by atoms with Crippen molar-refractivity contribution in [3.05, 3.63) is 77.5 Å². The van der Waals surface area contributed by atoms with Crippen molar-refractivity contribution in [1.82, 2.24) is 4.98 Å². The number of aryl methyl sites for hydroxylation is 1. The normalized spacial score (nSPS) is 10.2. The monoisotopic (exact) mass is 375 g/mol. The van der Waals surface area contributed by atoms with Crippen LogP contribution in [0.2, 0.25) is 0 Å². The van der Waals surface area contributed by atoms with E-state index in [4.69, 9.17) is 4.74 Å². The van der Waals surface area contributed by atoms with Crippen LogP contribution in [0.25, 0.3) is 0 Å². The summed E-state index contributed by atoms with van der Waals surface area (Å²) in [4.78, 5) is 28.3. The van der Waals surface area contributed by atoms with E-state index >= 15 is 0 Å². The number of rotatable bonds is 6. The Balaban J connectivity index is 1.76. The van der Waals surface area contributed by atoms with Crippen molar-refractivity contribution in [3.63, 3.8) is 0 Å². The third-order valence-electron chi connectivity index (χ3n) is 4.19. The van der Waals surface area contributed by atoms with Gasteiger partial charge in [0, 0.05) is 23.0 Å². The molecular weight excluding hydrogens is 354 g/mol. The molecule has 6 heteroatoms. The van der Waals surface area contributed by atoms with E-state index in [0.29, 0.717) is 28.4 Å². The van der Waals surface area contributed by atoms with Crippen molar-refractivity contribution >= 4 is 28.9 Å². The van der Waals surface area contributed by atoms with Gasteiger partial charge in [-0.3, -0.25) is 9.59 Å². The van der Waals surface area contributed by atoms with Gasteiger partial charge < -0.3 is 15.4 Å². The first kappa shape index (κ1) is 19.1. The second-order valence-corrected chi connectivity index (χ2v) is 6.35. The summed E-state index contributed by atoms with van der Waals surface area (Å²) < 4.78 is 5.30. The van der Waals surface area contributed by atoms with Gasteiger partial charge in [0.1, 0.15) is 11.6 Å². The van der Waals surface area contributed by atoms with Crippen molar-refractivity contribution in [1.29, 1.82) is 0 Å².